The summed E-state index contributed by atoms with van der Waals surface area (Å²) in [6, 6.07) is 0. The van der Waals surface area contributed by atoms with Crippen molar-refractivity contribution in [1.29, 1.82) is 0.594 Å². The quantitative estimate of drug-likeness (QED) is 0.278. The van der Waals surface area contributed by atoms with Crippen LogP contribution in [0, 0.1) is 125 Å². The van der Waals surface area contributed by atoms with Gasteiger partial charge in [0.1, 0.15) is 0 Å². The fraction of sp³-hybridized carbons (Fsp3) is 0. The largest absolute Gasteiger partial charge is 0 e. The molecule has 0 rings (SSSR count). The molecule has 0 atom stereocenters. The minimum atomic E-state index is -0.530. The first-order valence-electron chi connectivity index (χ1n) is 0.697. The van der Waals surface area contributed by atoms with Gasteiger partial charge in [-0.3, -0.25) is 0 Å². The summed E-state index contributed by atoms with van der Waals surface area (Å²) in [5, 5.41) is 0. The topological polar surface area (TPSA) is 0 Å². The molecular weight excluding hydrogens is 611 g/mol. The molecule has 0 aliphatic heterocycles. The first-order chi connectivity index (χ1) is 1.41. The molecule has 5 heavy (non-hydrogen) atoms. The van der Waals surface area contributed by atoms with E-state index < -0.39 is 22.4 Å². The molecule has 0 spiro atoms. The number of rotatable bonds is 0. The standard InChI is InChI=1S/CH4I.3Gd/c1-2;;;/h1-2H2;;;/q-1;;;/i2T;;;. The summed E-state index contributed by atoms with van der Waals surface area (Å²) in [6.45, 7) is 0. The van der Waals surface area contributed by atoms with Crippen LogP contribution >= 0.6 is 22.4 Å². The van der Waals surface area contributed by atoms with Crippen LogP contribution in [0.3, 0.4) is 0 Å². The van der Waals surface area contributed by atoms with Crippen molar-refractivity contribution in [2.45, 2.75) is 0 Å². The molecule has 0 heterocycles. The summed E-state index contributed by atoms with van der Waals surface area (Å²) in [5.74, 6) is 0. The fourth-order valence-electron chi connectivity index (χ4n) is 0. The van der Waals surface area contributed by atoms with Crippen molar-refractivity contribution in [3.8, 4) is 0 Å². The van der Waals surface area contributed by atoms with Crippen molar-refractivity contribution < 1.29 is 120 Å². The summed E-state index contributed by atoms with van der Waals surface area (Å²) in [4.78, 5) is 3.28. The normalized spacial score (nSPS) is 4.60. The number of halogens is 1. The average Bonchev–Trinajstić information content (AvgIpc) is 0.918. The molecule has 0 aromatic heterocycles. The van der Waals surface area contributed by atoms with Crippen molar-refractivity contribution in [1.82, 2.24) is 0 Å². The predicted molar refractivity (Wildman–Crippen MR) is 22.2 cm³/mol. The van der Waals surface area contributed by atoms with E-state index in [9.17, 15) is 0 Å². The molecule has 0 radical (unpaired) electrons. The maximum absolute atomic E-state index is 6.23. The van der Waals surface area contributed by atoms with Crippen LogP contribution in [0.2, 0.25) is 0 Å². The molecule has 0 aliphatic rings. The maximum Gasteiger partial charge on any atom is 0 e. The molecule has 0 N–H and O–H groups in total. The van der Waals surface area contributed by atoms with E-state index in [0.717, 1.165) is 0 Å². The molecule has 0 aliphatic carbocycles. The van der Waals surface area contributed by atoms with E-state index in [2.05, 4.69) is 4.93 Å². The zero-order valence-electron chi connectivity index (χ0n) is 3.18. The Balaban J connectivity index is -0.00000000667. The van der Waals surface area contributed by atoms with Crippen molar-refractivity contribution >= 4 is 22.4 Å². The Labute approximate surface area is 143 Å². The van der Waals surface area contributed by atoms with Crippen LogP contribution in [0.15, 0.2) is 0 Å². The Morgan fingerprint density at radius 1 is 1.40 bits per heavy atom. The van der Waals surface area contributed by atoms with Gasteiger partial charge in [0.25, 0.3) is 0 Å². The van der Waals surface area contributed by atoms with Gasteiger partial charge in [0.05, 0.1) is 0 Å². The third-order valence-corrected chi connectivity index (χ3v) is 0. The van der Waals surface area contributed by atoms with Crippen LogP contribution in [0.4, 0.5) is 0 Å². The van der Waals surface area contributed by atoms with Gasteiger partial charge in [0.2, 0.25) is 0 Å². The zero-order valence-corrected chi connectivity index (χ0v) is 11.3. The maximum atomic E-state index is 6.23. The molecule has 0 unspecified atom stereocenters. The van der Waals surface area contributed by atoms with Gasteiger partial charge in [-0.15, -0.1) is 0 Å². The second-order valence-electron chi connectivity index (χ2n) is 0. The molecular formula is CH4Gd3I-. The molecule has 4 heteroatoms. The van der Waals surface area contributed by atoms with Gasteiger partial charge in [-0.2, -0.15) is 0 Å². The summed E-state index contributed by atoms with van der Waals surface area (Å²) in [6.07, 6.45) is 0. The van der Waals surface area contributed by atoms with Gasteiger partial charge in [-0.05, 0) is 0 Å². The van der Waals surface area contributed by atoms with Crippen LogP contribution in [-0.4, -0.2) is 0.594 Å². The Kier molecular flexibility index (Phi) is 76.4. The van der Waals surface area contributed by atoms with Crippen molar-refractivity contribution in [2.24, 2.45) is 0 Å². The summed E-state index contributed by atoms with van der Waals surface area (Å²) < 4.78 is 6.23. The molecule has 0 saturated carbocycles. The van der Waals surface area contributed by atoms with Crippen LogP contribution in [0.5, 0.6) is 0 Å². The zero-order chi connectivity index (χ0) is 2.71. The molecule has 0 aromatic rings. The molecule has 40 valence electrons. The molecule has 0 saturated heterocycles. The summed E-state index contributed by atoms with van der Waals surface area (Å²) >= 11 is -0.530. The van der Waals surface area contributed by atoms with Gasteiger partial charge >= 0.3 is 27.9 Å². The van der Waals surface area contributed by atoms with E-state index in [1.807, 2.05) is 0 Å². The van der Waals surface area contributed by atoms with Gasteiger partial charge in [0, 0.05) is 120 Å². The van der Waals surface area contributed by atoms with E-state index >= 15 is 0 Å². The second-order valence-corrected chi connectivity index (χ2v) is 0. The SMILES string of the molecule is [3H][IH][CH2-].[Gd].[Gd].[Gd]. The monoisotopic (exact) mass is 619 g/mol. The smallest absolute Gasteiger partial charge is 0 e. The number of hydrogen-bond acceptors (Lipinski definition) is 0. The molecule has 0 bridgehead atoms. The Morgan fingerprint density at radius 3 is 1.40 bits per heavy atom. The summed E-state index contributed by atoms with van der Waals surface area (Å²) in [5.41, 5.74) is 0. The van der Waals surface area contributed by atoms with Gasteiger partial charge < -0.3 is 0 Å². The first kappa shape index (κ1) is 16.4. The summed E-state index contributed by atoms with van der Waals surface area (Å²) in [7, 11) is 0. The minimum absolute atomic E-state index is 0. The van der Waals surface area contributed by atoms with Gasteiger partial charge in [0.15, 0.2) is 0 Å². The van der Waals surface area contributed by atoms with E-state index in [0.29, 0.717) is 0 Å². The average molecular weight is 617 g/mol. The molecule has 0 aromatic carbocycles. The van der Waals surface area contributed by atoms with E-state index in [-0.39, 0.29) is 120 Å². The van der Waals surface area contributed by atoms with Crippen molar-refractivity contribution in [3.63, 3.8) is 0 Å². The third-order valence-electron chi connectivity index (χ3n) is 0. The van der Waals surface area contributed by atoms with Gasteiger partial charge in [-0.1, -0.05) is 0 Å². The van der Waals surface area contributed by atoms with E-state index in [4.69, 9.17) is 0.594 Å². The van der Waals surface area contributed by atoms with Crippen LogP contribution in [-0.2, 0) is 0 Å². The minimum Gasteiger partial charge on any atom is 0 e. The molecule has 0 fully saturated rings. The molecule has 0 nitrogen and oxygen atoms in total. The fourth-order valence-corrected chi connectivity index (χ4v) is 0. The van der Waals surface area contributed by atoms with Crippen molar-refractivity contribution in [3.05, 3.63) is 4.93 Å². The molecule has 0 amide bonds. The third kappa shape index (κ3) is 17.7. The van der Waals surface area contributed by atoms with Crippen LogP contribution < -0.4 is 0 Å². The van der Waals surface area contributed by atoms with Crippen LogP contribution in [0.25, 0.3) is 0 Å². The van der Waals surface area contributed by atoms with Crippen LogP contribution in [0.1, 0.15) is 0 Å². The van der Waals surface area contributed by atoms with Crippen molar-refractivity contribution in [2.75, 3.05) is 0 Å². The van der Waals surface area contributed by atoms with Gasteiger partial charge in [-0.25, -0.2) is 0 Å². The second kappa shape index (κ2) is 23.3. The first-order valence-corrected chi connectivity index (χ1v) is 1.94. The van der Waals surface area contributed by atoms with E-state index in [1.165, 1.54) is 0 Å². The van der Waals surface area contributed by atoms with E-state index in [1.54, 1.807) is 0 Å². The Morgan fingerprint density at radius 2 is 1.40 bits per heavy atom. The Hall–Kier alpha value is 4.70. The Bertz CT molecular complexity index is 10.8. The predicted octanol–water partition coefficient (Wildman–Crippen LogP) is 0.678. The number of hydrogen-bond donors (Lipinski definition) is 0.